The van der Waals surface area contributed by atoms with Gasteiger partial charge in [-0.15, -0.1) is 0 Å². The number of hydrogen-bond acceptors (Lipinski definition) is 2. The topological polar surface area (TPSA) is 43.3 Å². The minimum Gasteiger partial charge on any atom is -0.633 e. The van der Waals surface area contributed by atoms with Gasteiger partial charge in [0.1, 0.15) is 5.75 Å². The third-order valence-corrected chi connectivity index (χ3v) is 3.15. The highest BCUT2D eigenvalue weighted by Gasteiger charge is 2.21. The lowest BCUT2D eigenvalue weighted by Crippen LogP contribution is -2.38. The second kappa shape index (κ2) is 5.52. The Balaban J connectivity index is 2.84. The summed E-state index contributed by atoms with van der Waals surface area (Å²) in [5.74, 6) is 0.923. The Morgan fingerprint density at radius 1 is 1.35 bits per heavy atom. The molecule has 0 saturated heterocycles. The van der Waals surface area contributed by atoms with Crippen LogP contribution < -0.4 is 0 Å². The van der Waals surface area contributed by atoms with Gasteiger partial charge < -0.3 is 15.0 Å². The summed E-state index contributed by atoms with van der Waals surface area (Å²) in [6.45, 7) is 4.82. The van der Waals surface area contributed by atoms with Crippen LogP contribution in [-0.2, 0) is 0 Å². The molecule has 1 N–H and O–H groups in total. The minimum absolute atomic E-state index is 0.267. The number of hydroxylamine groups is 3. The molecule has 3 heteroatoms. The second-order valence-corrected chi connectivity index (χ2v) is 5.34. The van der Waals surface area contributed by atoms with Gasteiger partial charge in [-0.05, 0) is 30.0 Å². The first-order valence-corrected chi connectivity index (χ1v) is 6.16. The summed E-state index contributed by atoms with van der Waals surface area (Å²) in [6, 6.07) is 7.36. The van der Waals surface area contributed by atoms with Crippen molar-refractivity contribution in [3.63, 3.8) is 0 Å². The minimum atomic E-state index is -0.267. The number of quaternary nitrogens is 1. The zero-order valence-electron chi connectivity index (χ0n) is 11.2. The first kappa shape index (κ1) is 14.0. The molecule has 1 unspecified atom stereocenters. The molecule has 0 fully saturated rings. The fourth-order valence-electron chi connectivity index (χ4n) is 2.54. The highest BCUT2D eigenvalue weighted by molar-refractivity contribution is 5.30. The third kappa shape index (κ3) is 4.36. The molecule has 0 saturated carbocycles. The fraction of sp³-hybridized carbons (Fsp3) is 0.571. The fourth-order valence-corrected chi connectivity index (χ4v) is 2.54. The zero-order valence-corrected chi connectivity index (χ0v) is 11.2. The van der Waals surface area contributed by atoms with Crippen LogP contribution in [0.2, 0.25) is 0 Å². The predicted octanol–water partition coefficient (Wildman–Crippen LogP) is 3.10. The lowest BCUT2D eigenvalue weighted by molar-refractivity contribution is -0.843. The molecule has 0 aliphatic rings. The number of nitrogens with zero attached hydrogens (tertiary/aromatic N) is 1. The largest absolute Gasteiger partial charge is 0.633 e. The standard InChI is InChI=1S/C14H23NO2/c1-5-14(11(2)10-15(3,4)17)12-7-6-8-13(16)9-12/h6-9,11,14,16H,5,10H2,1-4H3/t11-,14?/m0/s1. The Morgan fingerprint density at radius 3 is 2.47 bits per heavy atom. The van der Waals surface area contributed by atoms with E-state index in [9.17, 15) is 10.3 Å². The SMILES string of the molecule is CCC(c1cccc(O)c1)[C@@H](C)C[N+](C)(C)[O-]. The molecule has 0 spiro atoms. The first-order chi connectivity index (χ1) is 7.83. The van der Waals surface area contributed by atoms with Crippen molar-refractivity contribution in [2.45, 2.75) is 26.2 Å². The predicted molar refractivity (Wildman–Crippen MR) is 70.6 cm³/mol. The van der Waals surface area contributed by atoms with Crippen molar-refractivity contribution in [1.82, 2.24) is 0 Å². The summed E-state index contributed by atoms with van der Waals surface area (Å²) in [7, 11) is 3.34. The Hall–Kier alpha value is -1.06. The number of rotatable bonds is 5. The van der Waals surface area contributed by atoms with Crippen LogP contribution in [-0.4, -0.2) is 30.4 Å². The lowest BCUT2D eigenvalue weighted by atomic mass is 9.85. The average Bonchev–Trinajstić information content (AvgIpc) is 2.15. The summed E-state index contributed by atoms with van der Waals surface area (Å²) in [5, 5.41) is 21.2. The van der Waals surface area contributed by atoms with Gasteiger partial charge in [0.15, 0.2) is 0 Å². The van der Waals surface area contributed by atoms with Crippen LogP contribution in [0.3, 0.4) is 0 Å². The van der Waals surface area contributed by atoms with Crippen molar-refractivity contribution in [1.29, 1.82) is 0 Å². The molecule has 2 atom stereocenters. The van der Waals surface area contributed by atoms with E-state index < -0.39 is 0 Å². The van der Waals surface area contributed by atoms with E-state index in [1.807, 2.05) is 12.1 Å². The van der Waals surface area contributed by atoms with Gasteiger partial charge >= 0.3 is 0 Å². The van der Waals surface area contributed by atoms with Gasteiger partial charge in [-0.25, -0.2) is 0 Å². The number of aromatic hydroxyl groups is 1. The molecule has 17 heavy (non-hydrogen) atoms. The summed E-state index contributed by atoms with van der Waals surface area (Å²) >= 11 is 0. The molecule has 96 valence electrons. The van der Waals surface area contributed by atoms with Crippen molar-refractivity contribution in [2.24, 2.45) is 5.92 Å². The molecule has 1 aromatic carbocycles. The van der Waals surface area contributed by atoms with Crippen molar-refractivity contribution in [3.05, 3.63) is 35.0 Å². The summed E-state index contributed by atoms with van der Waals surface area (Å²) < 4.78 is -0.267. The molecular formula is C14H23NO2. The van der Waals surface area contributed by atoms with Gasteiger partial charge in [0.2, 0.25) is 0 Å². The van der Waals surface area contributed by atoms with Gasteiger partial charge in [0.05, 0.1) is 20.6 Å². The van der Waals surface area contributed by atoms with E-state index in [2.05, 4.69) is 13.8 Å². The van der Waals surface area contributed by atoms with E-state index >= 15 is 0 Å². The van der Waals surface area contributed by atoms with Gasteiger partial charge in [-0.1, -0.05) is 26.0 Å². The van der Waals surface area contributed by atoms with E-state index in [-0.39, 0.29) is 4.65 Å². The van der Waals surface area contributed by atoms with E-state index in [0.29, 0.717) is 24.1 Å². The molecule has 0 aliphatic carbocycles. The van der Waals surface area contributed by atoms with Crippen LogP contribution in [0.15, 0.2) is 24.3 Å². The molecule has 1 aromatic rings. The van der Waals surface area contributed by atoms with Crippen molar-refractivity contribution < 1.29 is 9.75 Å². The van der Waals surface area contributed by atoms with Gasteiger partial charge in [-0.2, -0.15) is 0 Å². The number of phenols is 1. The third-order valence-electron chi connectivity index (χ3n) is 3.15. The molecule has 0 amide bonds. The van der Waals surface area contributed by atoms with Crippen LogP contribution in [0.1, 0.15) is 31.7 Å². The maximum absolute atomic E-state index is 11.7. The Kier molecular flexibility index (Phi) is 4.54. The molecule has 0 aromatic heterocycles. The Bertz CT molecular complexity index is 357. The average molecular weight is 237 g/mol. The zero-order chi connectivity index (χ0) is 13.1. The van der Waals surface area contributed by atoms with E-state index in [1.165, 1.54) is 0 Å². The molecule has 3 nitrogen and oxygen atoms in total. The normalized spacial score (nSPS) is 15.6. The van der Waals surface area contributed by atoms with Crippen LogP contribution in [0.5, 0.6) is 5.75 Å². The van der Waals surface area contributed by atoms with Crippen molar-refractivity contribution in [2.75, 3.05) is 20.6 Å². The van der Waals surface area contributed by atoms with E-state index in [0.717, 1.165) is 12.0 Å². The Morgan fingerprint density at radius 2 is 2.00 bits per heavy atom. The van der Waals surface area contributed by atoms with E-state index in [4.69, 9.17) is 0 Å². The quantitative estimate of drug-likeness (QED) is 0.631. The van der Waals surface area contributed by atoms with Crippen LogP contribution in [0.25, 0.3) is 0 Å². The number of phenolic OH excluding ortho intramolecular Hbond substituents is 1. The number of hydrogen-bond donors (Lipinski definition) is 1. The molecule has 0 heterocycles. The molecule has 0 bridgehead atoms. The van der Waals surface area contributed by atoms with E-state index in [1.54, 1.807) is 26.2 Å². The van der Waals surface area contributed by atoms with Crippen LogP contribution in [0.4, 0.5) is 0 Å². The van der Waals surface area contributed by atoms with Crippen molar-refractivity contribution >= 4 is 0 Å². The van der Waals surface area contributed by atoms with Gasteiger partial charge in [0.25, 0.3) is 0 Å². The van der Waals surface area contributed by atoms with Crippen LogP contribution >= 0.6 is 0 Å². The highest BCUT2D eigenvalue weighted by Crippen LogP contribution is 2.30. The highest BCUT2D eigenvalue weighted by atomic mass is 16.5. The smallest absolute Gasteiger partial charge is 0.115 e. The van der Waals surface area contributed by atoms with Crippen LogP contribution in [0, 0.1) is 11.1 Å². The lowest BCUT2D eigenvalue weighted by Gasteiger charge is -2.38. The second-order valence-electron chi connectivity index (χ2n) is 5.34. The summed E-state index contributed by atoms with van der Waals surface area (Å²) in [6.07, 6.45) is 0.977. The maximum atomic E-state index is 11.7. The summed E-state index contributed by atoms with van der Waals surface area (Å²) in [5.41, 5.74) is 1.12. The Labute approximate surface area is 104 Å². The molecule has 1 rings (SSSR count). The molecular weight excluding hydrogens is 214 g/mol. The first-order valence-electron chi connectivity index (χ1n) is 6.16. The molecule has 0 aliphatic heterocycles. The van der Waals surface area contributed by atoms with Gasteiger partial charge in [-0.3, -0.25) is 0 Å². The maximum Gasteiger partial charge on any atom is 0.115 e. The van der Waals surface area contributed by atoms with Gasteiger partial charge in [0, 0.05) is 5.92 Å². The monoisotopic (exact) mass is 237 g/mol. The molecule has 0 radical (unpaired) electrons. The number of benzene rings is 1. The van der Waals surface area contributed by atoms with Crippen molar-refractivity contribution in [3.8, 4) is 5.75 Å². The summed E-state index contributed by atoms with van der Waals surface area (Å²) in [4.78, 5) is 0.